The second-order valence-corrected chi connectivity index (χ2v) is 6.63. The fraction of sp³-hybridized carbons (Fsp3) is 0.286. The third-order valence-corrected chi connectivity index (χ3v) is 4.77. The highest BCUT2D eigenvalue weighted by atomic mass is 16.5. The van der Waals surface area contributed by atoms with Crippen molar-refractivity contribution in [2.24, 2.45) is 4.99 Å². The quantitative estimate of drug-likeness (QED) is 0.414. The first-order valence-electron chi connectivity index (χ1n) is 9.04. The maximum atomic E-state index is 12.2. The van der Waals surface area contributed by atoms with Gasteiger partial charge in [-0.05, 0) is 22.7 Å². The lowest BCUT2D eigenvalue weighted by molar-refractivity contribution is -0.784. The molecule has 0 bridgehead atoms. The molecule has 3 atom stereocenters. The number of benzene rings is 2. The lowest BCUT2D eigenvalue weighted by Crippen LogP contribution is -2.41. The van der Waals surface area contributed by atoms with Crippen molar-refractivity contribution >= 4 is 11.9 Å². The zero-order chi connectivity index (χ0) is 19.2. The summed E-state index contributed by atoms with van der Waals surface area (Å²) in [5.41, 5.74) is 2.20. The van der Waals surface area contributed by atoms with Crippen LogP contribution in [0.4, 0.5) is 5.88 Å². The molecule has 1 N–H and O–H groups in total. The number of aliphatic imine (C=N–C) groups is 1. The molecule has 0 amide bonds. The first kappa shape index (κ1) is 18.6. The van der Waals surface area contributed by atoms with E-state index in [-0.39, 0.29) is 23.9 Å². The first-order valence-corrected chi connectivity index (χ1v) is 9.04. The molecule has 0 aliphatic carbocycles. The van der Waals surface area contributed by atoms with Crippen molar-refractivity contribution in [2.75, 3.05) is 5.32 Å². The van der Waals surface area contributed by atoms with E-state index in [0.717, 1.165) is 5.56 Å². The van der Waals surface area contributed by atoms with Crippen LogP contribution in [0.5, 0.6) is 0 Å². The Balaban J connectivity index is 1.66. The predicted octanol–water partition coefficient (Wildman–Crippen LogP) is 3.22. The van der Waals surface area contributed by atoms with Gasteiger partial charge in [0.15, 0.2) is 6.04 Å². The molecule has 3 rings (SSSR count). The van der Waals surface area contributed by atoms with Gasteiger partial charge in [-0.3, -0.25) is 9.52 Å². The van der Waals surface area contributed by atoms with Crippen molar-refractivity contribution in [1.29, 1.82) is 0 Å². The molecule has 1 heterocycles. The van der Waals surface area contributed by atoms with Gasteiger partial charge in [-0.1, -0.05) is 67.6 Å². The average Bonchev–Trinajstić information content (AvgIpc) is 3.16. The van der Waals surface area contributed by atoms with Crippen LogP contribution >= 0.6 is 0 Å². The molecule has 2 aromatic carbocycles. The van der Waals surface area contributed by atoms with Crippen LogP contribution in [-0.4, -0.2) is 11.3 Å². The van der Waals surface area contributed by atoms with Gasteiger partial charge in [0.05, 0.1) is 12.1 Å². The molecule has 0 saturated carbocycles. The summed E-state index contributed by atoms with van der Waals surface area (Å²) in [6.07, 6.45) is 1.69. The average molecular weight is 364 g/mol. The Hall–Kier alpha value is -3.15. The predicted molar refractivity (Wildman–Crippen MR) is 102 cm³/mol. The summed E-state index contributed by atoms with van der Waals surface area (Å²) in [4.78, 5) is 4.13. The molecule has 0 aliphatic rings. The fourth-order valence-electron chi connectivity index (χ4n) is 2.89. The van der Waals surface area contributed by atoms with Gasteiger partial charge in [-0.2, -0.15) is 0 Å². The van der Waals surface area contributed by atoms with E-state index >= 15 is 0 Å². The number of anilines is 1. The van der Waals surface area contributed by atoms with Crippen LogP contribution in [0, 0.1) is 0 Å². The minimum atomic E-state index is -0.460. The molecule has 3 unspecified atom stereocenters. The molecule has 0 spiro atoms. The number of hydrogen-bond donors (Lipinski definition) is 1. The second-order valence-electron chi connectivity index (χ2n) is 6.63. The van der Waals surface area contributed by atoms with E-state index in [4.69, 9.17) is 4.52 Å². The highest BCUT2D eigenvalue weighted by molar-refractivity contribution is 5.83. The van der Waals surface area contributed by atoms with E-state index in [1.54, 1.807) is 10.9 Å². The number of hydrogen-bond acceptors (Lipinski definition) is 4. The molecule has 0 radical (unpaired) electrons. The van der Waals surface area contributed by atoms with Crippen LogP contribution < -0.4 is 15.1 Å². The van der Waals surface area contributed by atoms with Crippen molar-refractivity contribution in [3.8, 4) is 0 Å². The Morgan fingerprint density at radius 2 is 1.59 bits per heavy atom. The Kier molecular flexibility index (Phi) is 5.86. The number of nitrogens with zero attached hydrogens (tertiary/aromatic N) is 3. The van der Waals surface area contributed by atoms with E-state index in [0.29, 0.717) is 0 Å². The molecule has 140 valence electrons. The summed E-state index contributed by atoms with van der Waals surface area (Å²) in [6, 6.07) is 19.3. The minimum absolute atomic E-state index is 0.0713. The highest BCUT2D eigenvalue weighted by Gasteiger charge is 2.26. The highest BCUT2D eigenvalue weighted by Crippen LogP contribution is 2.24. The van der Waals surface area contributed by atoms with Crippen LogP contribution in [0.2, 0.25) is 0 Å². The van der Waals surface area contributed by atoms with Gasteiger partial charge in [-0.15, -0.1) is 0 Å². The standard InChI is InChI=1S/C21H24N4O2/c1-15(18-10-6-4-7-11-18)17(3)25-14-20(27-24-25)23-21(26)22-16(2)19-12-8-5-9-13-19/h4-17H,1-3H3,(H-,22,23,24,26). The van der Waals surface area contributed by atoms with Crippen molar-refractivity contribution in [3.05, 3.63) is 78.0 Å². The van der Waals surface area contributed by atoms with E-state index in [2.05, 4.69) is 41.6 Å². The molecule has 27 heavy (non-hydrogen) atoms. The number of rotatable bonds is 6. The van der Waals surface area contributed by atoms with Crippen LogP contribution in [0.1, 0.15) is 49.9 Å². The summed E-state index contributed by atoms with van der Waals surface area (Å²) < 4.78 is 6.97. The SMILES string of the molecule is CC(N=C([O-])Nc1c[n+](C(C)C(C)c2ccccc2)no1)c1ccccc1. The van der Waals surface area contributed by atoms with Gasteiger partial charge in [-0.25, -0.2) is 0 Å². The smallest absolute Gasteiger partial charge is 0.300 e. The first-order chi connectivity index (χ1) is 13.0. The Bertz CT molecular complexity index is 877. The van der Waals surface area contributed by atoms with E-state index in [1.807, 2.05) is 55.5 Å². The zero-order valence-electron chi connectivity index (χ0n) is 15.7. The summed E-state index contributed by atoms with van der Waals surface area (Å²) >= 11 is 0. The summed E-state index contributed by atoms with van der Waals surface area (Å²) in [7, 11) is 0. The fourth-order valence-corrected chi connectivity index (χ4v) is 2.89. The maximum absolute atomic E-state index is 12.2. The van der Waals surface area contributed by atoms with Gasteiger partial charge in [0.2, 0.25) is 5.27 Å². The van der Waals surface area contributed by atoms with Crippen LogP contribution in [0.25, 0.3) is 0 Å². The van der Waals surface area contributed by atoms with E-state index in [1.165, 1.54) is 5.56 Å². The molecule has 6 nitrogen and oxygen atoms in total. The van der Waals surface area contributed by atoms with E-state index < -0.39 is 6.02 Å². The summed E-state index contributed by atoms with van der Waals surface area (Å²) in [5.74, 6) is 0.517. The van der Waals surface area contributed by atoms with Crippen molar-refractivity contribution in [2.45, 2.75) is 38.8 Å². The molecule has 6 heteroatoms. The van der Waals surface area contributed by atoms with Crippen molar-refractivity contribution in [3.63, 3.8) is 0 Å². The van der Waals surface area contributed by atoms with Crippen molar-refractivity contribution < 1.29 is 14.3 Å². The molecule has 0 fully saturated rings. The number of amidine groups is 1. The third kappa shape index (κ3) is 4.73. The monoisotopic (exact) mass is 364 g/mol. The minimum Gasteiger partial charge on any atom is -0.846 e. The summed E-state index contributed by atoms with van der Waals surface area (Å²) in [6.45, 7) is 6.07. The van der Waals surface area contributed by atoms with Crippen molar-refractivity contribution in [1.82, 2.24) is 5.27 Å². The molecule has 3 aromatic rings. The largest absolute Gasteiger partial charge is 0.846 e. The Morgan fingerprint density at radius 3 is 2.22 bits per heavy atom. The molecular weight excluding hydrogens is 340 g/mol. The van der Waals surface area contributed by atoms with Gasteiger partial charge in [0.1, 0.15) is 0 Å². The van der Waals surface area contributed by atoms with Gasteiger partial charge in [0, 0.05) is 12.8 Å². The van der Waals surface area contributed by atoms with Crippen LogP contribution in [0.3, 0.4) is 0 Å². The number of aromatic nitrogens is 2. The van der Waals surface area contributed by atoms with Gasteiger partial charge >= 0.3 is 0 Å². The van der Waals surface area contributed by atoms with Crippen LogP contribution in [0.15, 0.2) is 76.4 Å². The topological polar surface area (TPSA) is 77.4 Å². The molecule has 1 aromatic heterocycles. The molecule has 0 saturated heterocycles. The van der Waals surface area contributed by atoms with Gasteiger partial charge < -0.3 is 10.4 Å². The van der Waals surface area contributed by atoms with E-state index in [9.17, 15) is 5.11 Å². The van der Waals surface area contributed by atoms with Crippen LogP contribution in [-0.2, 0) is 0 Å². The summed E-state index contributed by atoms with van der Waals surface area (Å²) in [5, 5.41) is 18.8. The number of nitrogens with one attached hydrogen (secondary N) is 1. The van der Waals surface area contributed by atoms with Gasteiger partial charge in [0.25, 0.3) is 12.1 Å². The normalized spacial score (nSPS) is 15.1. The molecule has 0 aliphatic heterocycles. The Morgan fingerprint density at radius 1 is 1.00 bits per heavy atom. The Labute approximate surface area is 159 Å². The third-order valence-electron chi connectivity index (χ3n) is 4.77. The lowest BCUT2D eigenvalue weighted by atomic mass is 9.95. The second kappa shape index (κ2) is 8.49. The lowest BCUT2D eigenvalue weighted by Gasteiger charge is -2.14. The molecular formula is C21H24N4O2. The maximum Gasteiger partial charge on any atom is 0.300 e. The zero-order valence-corrected chi connectivity index (χ0v) is 15.7.